The molecule has 0 aromatic heterocycles. The Kier molecular flexibility index (Phi) is 3.53. The van der Waals surface area contributed by atoms with Crippen LogP contribution in [0, 0.1) is 5.41 Å². The summed E-state index contributed by atoms with van der Waals surface area (Å²) in [7, 11) is 0. The fraction of sp³-hybridized carbons (Fsp3) is 0.923. The standard InChI is InChI=1S/C13H24N2O/c1-13(2)6-5-12(16)15(9-7-13)10-11-4-3-8-14-11/h11,14H,3-10H2,1-2H3/t11-/m0/s1. The molecule has 1 atom stereocenters. The molecule has 0 aromatic rings. The minimum atomic E-state index is 0.341. The minimum Gasteiger partial charge on any atom is -0.341 e. The van der Waals surface area contributed by atoms with E-state index in [1.807, 2.05) is 0 Å². The van der Waals surface area contributed by atoms with Crippen LogP contribution < -0.4 is 5.32 Å². The van der Waals surface area contributed by atoms with E-state index in [0.717, 1.165) is 38.9 Å². The quantitative estimate of drug-likeness (QED) is 0.775. The van der Waals surface area contributed by atoms with E-state index in [1.165, 1.54) is 12.8 Å². The molecule has 16 heavy (non-hydrogen) atoms. The molecule has 0 aliphatic carbocycles. The first-order valence-corrected chi connectivity index (χ1v) is 6.58. The number of hydrogen-bond acceptors (Lipinski definition) is 2. The molecule has 0 saturated carbocycles. The number of nitrogens with zero attached hydrogens (tertiary/aromatic N) is 1. The van der Waals surface area contributed by atoms with E-state index in [1.54, 1.807) is 0 Å². The summed E-state index contributed by atoms with van der Waals surface area (Å²) in [5, 5.41) is 3.47. The van der Waals surface area contributed by atoms with Crippen LogP contribution in [0.15, 0.2) is 0 Å². The number of amides is 1. The van der Waals surface area contributed by atoms with Crippen LogP contribution in [-0.2, 0) is 4.79 Å². The maximum Gasteiger partial charge on any atom is 0.222 e. The molecule has 0 bridgehead atoms. The smallest absolute Gasteiger partial charge is 0.222 e. The Morgan fingerprint density at radius 2 is 2.25 bits per heavy atom. The average Bonchev–Trinajstić information content (AvgIpc) is 2.69. The van der Waals surface area contributed by atoms with Crippen molar-refractivity contribution in [3.05, 3.63) is 0 Å². The molecule has 2 rings (SSSR count). The predicted octanol–water partition coefficient (Wildman–Crippen LogP) is 1.78. The number of likely N-dealkylation sites (tertiary alicyclic amines) is 1. The predicted molar refractivity (Wildman–Crippen MR) is 65.2 cm³/mol. The SMILES string of the molecule is CC1(C)CCC(=O)N(C[C@@H]2CCCN2)CC1. The molecule has 0 radical (unpaired) electrons. The normalized spacial score (nSPS) is 30.5. The topological polar surface area (TPSA) is 32.3 Å². The molecule has 2 saturated heterocycles. The number of nitrogens with one attached hydrogen (secondary N) is 1. The van der Waals surface area contributed by atoms with Crippen molar-refractivity contribution < 1.29 is 4.79 Å². The summed E-state index contributed by atoms with van der Waals surface area (Å²) in [4.78, 5) is 14.1. The number of carbonyl (C=O) groups is 1. The summed E-state index contributed by atoms with van der Waals surface area (Å²) in [6.07, 6.45) is 5.41. The molecule has 0 unspecified atom stereocenters. The number of hydrogen-bond donors (Lipinski definition) is 1. The van der Waals surface area contributed by atoms with Crippen molar-refractivity contribution >= 4 is 5.91 Å². The Morgan fingerprint density at radius 1 is 1.44 bits per heavy atom. The molecule has 2 aliphatic heterocycles. The highest BCUT2D eigenvalue weighted by atomic mass is 16.2. The van der Waals surface area contributed by atoms with Crippen LogP contribution in [0.2, 0.25) is 0 Å². The maximum atomic E-state index is 12.0. The van der Waals surface area contributed by atoms with Crippen LogP contribution >= 0.6 is 0 Å². The summed E-state index contributed by atoms with van der Waals surface area (Å²) in [5.74, 6) is 0.360. The number of rotatable bonds is 2. The van der Waals surface area contributed by atoms with E-state index in [4.69, 9.17) is 0 Å². The minimum absolute atomic E-state index is 0.341. The van der Waals surface area contributed by atoms with E-state index in [0.29, 0.717) is 17.4 Å². The van der Waals surface area contributed by atoms with Gasteiger partial charge < -0.3 is 10.2 Å². The third kappa shape index (κ3) is 2.97. The van der Waals surface area contributed by atoms with Crippen molar-refractivity contribution in [2.24, 2.45) is 5.41 Å². The molecule has 0 aromatic carbocycles. The first-order chi connectivity index (χ1) is 7.57. The van der Waals surface area contributed by atoms with Gasteiger partial charge in [0.15, 0.2) is 0 Å². The zero-order valence-electron chi connectivity index (χ0n) is 10.6. The molecule has 3 heteroatoms. The lowest BCUT2D eigenvalue weighted by atomic mass is 9.85. The second-order valence-electron chi connectivity index (χ2n) is 6.05. The summed E-state index contributed by atoms with van der Waals surface area (Å²) in [6, 6.07) is 0.546. The third-order valence-corrected chi connectivity index (χ3v) is 4.03. The fourth-order valence-electron chi connectivity index (χ4n) is 2.66. The van der Waals surface area contributed by atoms with Crippen LogP contribution in [-0.4, -0.2) is 36.5 Å². The van der Waals surface area contributed by atoms with E-state index in [2.05, 4.69) is 24.1 Å². The summed E-state index contributed by atoms with van der Waals surface area (Å²) < 4.78 is 0. The zero-order valence-corrected chi connectivity index (χ0v) is 10.6. The second-order valence-corrected chi connectivity index (χ2v) is 6.05. The van der Waals surface area contributed by atoms with Gasteiger partial charge in [-0.2, -0.15) is 0 Å². The zero-order chi connectivity index (χ0) is 11.6. The molecule has 2 heterocycles. The molecular formula is C13H24N2O. The Hall–Kier alpha value is -0.570. The summed E-state index contributed by atoms with van der Waals surface area (Å²) in [5.41, 5.74) is 0.341. The van der Waals surface area contributed by atoms with Crippen LogP contribution in [0.1, 0.15) is 46.0 Å². The molecular weight excluding hydrogens is 200 g/mol. The molecule has 1 N–H and O–H groups in total. The van der Waals surface area contributed by atoms with Gasteiger partial charge in [0.25, 0.3) is 0 Å². The molecule has 0 spiro atoms. The van der Waals surface area contributed by atoms with Gasteiger partial charge in [0, 0.05) is 25.6 Å². The molecule has 1 amide bonds. The lowest BCUT2D eigenvalue weighted by Gasteiger charge is -2.25. The van der Waals surface area contributed by atoms with E-state index in [-0.39, 0.29) is 0 Å². The Balaban J connectivity index is 1.90. The van der Waals surface area contributed by atoms with Crippen molar-refractivity contribution in [2.45, 2.75) is 52.0 Å². The van der Waals surface area contributed by atoms with Gasteiger partial charge in [0.05, 0.1) is 0 Å². The average molecular weight is 224 g/mol. The van der Waals surface area contributed by atoms with Crippen LogP contribution in [0.4, 0.5) is 0 Å². The van der Waals surface area contributed by atoms with Gasteiger partial charge in [0.1, 0.15) is 0 Å². The van der Waals surface area contributed by atoms with Crippen molar-refractivity contribution in [1.82, 2.24) is 10.2 Å². The highest BCUT2D eigenvalue weighted by molar-refractivity contribution is 5.76. The molecule has 2 aliphatic rings. The highest BCUT2D eigenvalue weighted by Gasteiger charge is 2.29. The van der Waals surface area contributed by atoms with Gasteiger partial charge in [-0.3, -0.25) is 4.79 Å². The maximum absolute atomic E-state index is 12.0. The van der Waals surface area contributed by atoms with Crippen LogP contribution in [0.3, 0.4) is 0 Å². The Bertz CT molecular complexity index is 257. The first kappa shape index (κ1) is 11.9. The van der Waals surface area contributed by atoms with Gasteiger partial charge in [-0.25, -0.2) is 0 Å². The van der Waals surface area contributed by atoms with Crippen molar-refractivity contribution in [2.75, 3.05) is 19.6 Å². The molecule has 92 valence electrons. The summed E-state index contributed by atoms with van der Waals surface area (Å²) >= 11 is 0. The van der Waals surface area contributed by atoms with Crippen molar-refractivity contribution in [1.29, 1.82) is 0 Å². The molecule has 3 nitrogen and oxygen atoms in total. The van der Waals surface area contributed by atoms with E-state index < -0.39 is 0 Å². The summed E-state index contributed by atoms with van der Waals surface area (Å²) in [6.45, 7) is 7.55. The Labute approximate surface area is 98.6 Å². The monoisotopic (exact) mass is 224 g/mol. The van der Waals surface area contributed by atoms with Crippen molar-refractivity contribution in [3.8, 4) is 0 Å². The van der Waals surface area contributed by atoms with E-state index >= 15 is 0 Å². The van der Waals surface area contributed by atoms with E-state index in [9.17, 15) is 4.79 Å². The van der Waals surface area contributed by atoms with Gasteiger partial charge >= 0.3 is 0 Å². The fourth-order valence-corrected chi connectivity index (χ4v) is 2.66. The van der Waals surface area contributed by atoms with Crippen LogP contribution in [0.5, 0.6) is 0 Å². The first-order valence-electron chi connectivity index (χ1n) is 6.58. The third-order valence-electron chi connectivity index (χ3n) is 4.03. The van der Waals surface area contributed by atoms with Gasteiger partial charge in [-0.1, -0.05) is 13.8 Å². The van der Waals surface area contributed by atoms with Gasteiger partial charge in [0.2, 0.25) is 5.91 Å². The van der Waals surface area contributed by atoms with Crippen molar-refractivity contribution in [3.63, 3.8) is 0 Å². The van der Waals surface area contributed by atoms with Gasteiger partial charge in [-0.05, 0) is 37.6 Å². The lowest BCUT2D eigenvalue weighted by Crippen LogP contribution is -2.40. The lowest BCUT2D eigenvalue weighted by molar-refractivity contribution is -0.131. The molecule has 2 fully saturated rings. The largest absolute Gasteiger partial charge is 0.341 e. The highest BCUT2D eigenvalue weighted by Crippen LogP contribution is 2.30. The number of carbonyl (C=O) groups excluding carboxylic acids is 1. The van der Waals surface area contributed by atoms with Crippen LogP contribution in [0.25, 0.3) is 0 Å². The second kappa shape index (κ2) is 4.74. The Morgan fingerprint density at radius 3 is 2.94 bits per heavy atom. The van der Waals surface area contributed by atoms with Gasteiger partial charge in [-0.15, -0.1) is 0 Å².